The highest BCUT2D eigenvalue weighted by molar-refractivity contribution is 7.91. The number of rotatable bonds is 5. The van der Waals surface area contributed by atoms with Crippen molar-refractivity contribution in [2.75, 3.05) is 6.26 Å². The van der Waals surface area contributed by atoms with E-state index in [0.717, 1.165) is 17.9 Å². The van der Waals surface area contributed by atoms with Crippen LogP contribution >= 0.6 is 0 Å². The van der Waals surface area contributed by atoms with E-state index in [-0.39, 0.29) is 45.7 Å². The third-order valence-corrected chi connectivity index (χ3v) is 6.38. The van der Waals surface area contributed by atoms with Crippen LogP contribution in [-0.4, -0.2) is 44.8 Å². The van der Waals surface area contributed by atoms with Crippen molar-refractivity contribution in [3.63, 3.8) is 0 Å². The lowest BCUT2D eigenvalue weighted by molar-refractivity contribution is -0.387. The smallest absolute Gasteiger partial charge is 0.300 e. The quantitative estimate of drug-likeness (QED) is 0.300. The summed E-state index contributed by atoms with van der Waals surface area (Å²) in [7, 11) is -4.21. The lowest BCUT2D eigenvalue weighted by Crippen LogP contribution is -2.09. The van der Waals surface area contributed by atoms with Crippen LogP contribution in [0.1, 0.15) is 11.1 Å². The standard InChI is InChI=1S/C24H17N5O6S/c1-13-7-9-16(19(31)11-13)23-26-22(15-5-3-4-6-18(15)30)27-24(28-23)17-10-8-14(12-25)21(36(2,34)35)20(17)29(32)33/h3-11,30-31H,1-2H3. The molecule has 2 N–H and O–H groups in total. The molecule has 0 saturated carbocycles. The van der Waals surface area contributed by atoms with Crippen molar-refractivity contribution in [3.8, 4) is 51.7 Å². The highest BCUT2D eigenvalue weighted by atomic mass is 32.2. The molecule has 4 rings (SSSR count). The predicted octanol–water partition coefficient (Wildman–Crippen LogP) is 3.78. The predicted molar refractivity (Wildman–Crippen MR) is 129 cm³/mol. The minimum atomic E-state index is -4.21. The zero-order chi connectivity index (χ0) is 26.2. The lowest BCUT2D eigenvalue weighted by atomic mass is 10.1. The van der Waals surface area contributed by atoms with Gasteiger partial charge in [0.15, 0.2) is 32.2 Å². The monoisotopic (exact) mass is 503 g/mol. The fourth-order valence-electron chi connectivity index (χ4n) is 3.63. The van der Waals surface area contributed by atoms with Gasteiger partial charge in [-0.15, -0.1) is 0 Å². The number of sulfone groups is 1. The number of nitro benzene ring substituents is 1. The first kappa shape index (κ1) is 24.2. The fourth-order valence-corrected chi connectivity index (χ4v) is 4.68. The van der Waals surface area contributed by atoms with Gasteiger partial charge in [-0.1, -0.05) is 18.2 Å². The molecule has 0 atom stereocenters. The van der Waals surface area contributed by atoms with E-state index in [9.17, 15) is 34.0 Å². The number of phenols is 2. The Bertz CT molecular complexity index is 1700. The molecule has 0 spiro atoms. The van der Waals surface area contributed by atoms with E-state index in [1.165, 1.54) is 24.3 Å². The molecule has 36 heavy (non-hydrogen) atoms. The Morgan fingerprint density at radius 1 is 0.889 bits per heavy atom. The molecular formula is C24H17N5O6S. The Morgan fingerprint density at radius 3 is 1.97 bits per heavy atom. The van der Waals surface area contributed by atoms with Crippen molar-refractivity contribution in [3.05, 3.63) is 75.8 Å². The highest BCUT2D eigenvalue weighted by Gasteiger charge is 2.32. The number of phenolic OH excluding ortho intramolecular Hbond substituents is 2. The van der Waals surface area contributed by atoms with E-state index in [1.54, 1.807) is 37.3 Å². The maximum absolute atomic E-state index is 12.4. The van der Waals surface area contributed by atoms with Crippen LogP contribution in [0.25, 0.3) is 34.2 Å². The van der Waals surface area contributed by atoms with Crippen LogP contribution < -0.4 is 0 Å². The summed E-state index contributed by atoms with van der Waals surface area (Å²) in [6.45, 7) is 1.77. The maximum Gasteiger partial charge on any atom is 0.300 e. The molecule has 0 bridgehead atoms. The number of hydrogen-bond donors (Lipinski definition) is 2. The van der Waals surface area contributed by atoms with E-state index in [2.05, 4.69) is 15.0 Å². The normalized spacial score (nSPS) is 11.1. The summed E-state index contributed by atoms with van der Waals surface area (Å²) in [6.07, 6.45) is 0.760. The van der Waals surface area contributed by atoms with Crippen molar-refractivity contribution in [2.24, 2.45) is 0 Å². The first-order chi connectivity index (χ1) is 17.0. The number of hydrogen-bond acceptors (Lipinski definition) is 10. The van der Waals surface area contributed by atoms with Crippen LogP contribution in [0.5, 0.6) is 11.5 Å². The van der Waals surface area contributed by atoms with Crippen molar-refractivity contribution in [1.29, 1.82) is 5.26 Å². The molecule has 0 aliphatic rings. The summed E-state index contributed by atoms with van der Waals surface area (Å²) in [5.41, 5.74) is -0.447. The summed E-state index contributed by atoms with van der Waals surface area (Å²) < 4.78 is 24.9. The van der Waals surface area contributed by atoms with E-state index >= 15 is 0 Å². The van der Waals surface area contributed by atoms with Gasteiger partial charge in [0.25, 0.3) is 5.69 Å². The summed E-state index contributed by atoms with van der Waals surface area (Å²) in [5.74, 6) is -0.788. The number of nitro groups is 1. The SMILES string of the molecule is Cc1ccc(-c2nc(-c3ccccc3O)nc(-c3ccc(C#N)c(S(C)(=O)=O)c3[N+](=O)[O-])n2)c(O)c1. The van der Waals surface area contributed by atoms with Crippen molar-refractivity contribution in [2.45, 2.75) is 11.8 Å². The average Bonchev–Trinajstić information content (AvgIpc) is 2.82. The molecule has 11 nitrogen and oxygen atoms in total. The van der Waals surface area contributed by atoms with Crippen LogP contribution in [-0.2, 0) is 9.84 Å². The van der Waals surface area contributed by atoms with Gasteiger partial charge < -0.3 is 10.2 Å². The average molecular weight is 503 g/mol. The second-order valence-electron chi connectivity index (χ2n) is 7.82. The molecule has 12 heteroatoms. The number of aromatic nitrogens is 3. The van der Waals surface area contributed by atoms with Crippen LogP contribution in [0.4, 0.5) is 5.69 Å². The molecule has 0 amide bonds. The number of aromatic hydroxyl groups is 2. The Kier molecular flexibility index (Phi) is 6.09. The third-order valence-electron chi connectivity index (χ3n) is 5.22. The number of nitrogens with zero attached hydrogens (tertiary/aromatic N) is 5. The Labute approximate surface area is 205 Å². The molecule has 1 heterocycles. The number of nitriles is 1. The van der Waals surface area contributed by atoms with Crippen molar-refractivity contribution >= 4 is 15.5 Å². The second kappa shape index (κ2) is 9.05. The summed E-state index contributed by atoms with van der Waals surface area (Å²) >= 11 is 0. The topological polar surface area (TPSA) is 180 Å². The Morgan fingerprint density at radius 2 is 1.44 bits per heavy atom. The zero-order valence-corrected chi connectivity index (χ0v) is 19.7. The summed E-state index contributed by atoms with van der Waals surface area (Å²) in [5, 5.41) is 42.3. The van der Waals surface area contributed by atoms with E-state index in [0.29, 0.717) is 0 Å². The van der Waals surface area contributed by atoms with E-state index < -0.39 is 30.9 Å². The van der Waals surface area contributed by atoms with E-state index in [1.807, 2.05) is 0 Å². The van der Waals surface area contributed by atoms with Crippen LogP contribution in [0.15, 0.2) is 59.5 Å². The minimum absolute atomic E-state index is 0.0738. The number of benzene rings is 3. The van der Waals surface area contributed by atoms with Gasteiger partial charge in [-0.2, -0.15) is 5.26 Å². The van der Waals surface area contributed by atoms with Gasteiger partial charge in [-0.3, -0.25) is 10.1 Å². The molecule has 0 unspecified atom stereocenters. The molecule has 180 valence electrons. The minimum Gasteiger partial charge on any atom is -0.507 e. The molecule has 0 aliphatic carbocycles. The maximum atomic E-state index is 12.4. The zero-order valence-electron chi connectivity index (χ0n) is 18.9. The van der Waals surface area contributed by atoms with Crippen molar-refractivity contribution in [1.82, 2.24) is 15.0 Å². The fraction of sp³-hybridized carbons (Fsp3) is 0.0833. The van der Waals surface area contributed by atoms with Crippen molar-refractivity contribution < 1.29 is 23.6 Å². The molecule has 0 radical (unpaired) electrons. The number of para-hydroxylation sites is 1. The van der Waals surface area contributed by atoms with Crippen LogP contribution in [0, 0.1) is 28.4 Å². The Balaban J connectivity index is 2.12. The van der Waals surface area contributed by atoms with Gasteiger partial charge in [-0.05, 0) is 48.9 Å². The molecule has 3 aromatic carbocycles. The summed E-state index contributed by atoms with van der Waals surface area (Å²) in [4.78, 5) is 23.3. The first-order valence-electron chi connectivity index (χ1n) is 10.3. The van der Waals surface area contributed by atoms with Gasteiger partial charge in [0, 0.05) is 6.26 Å². The molecule has 1 aromatic heterocycles. The second-order valence-corrected chi connectivity index (χ2v) is 9.78. The van der Waals surface area contributed by atoms with E-state index in [4.69, 9.17) is 0 Å². The van der Waals surface area contributed by atoms with Gasteiger partial charge in [0.2, 0.25) is 0 Å². The summed E-state index contributed by atoms with van der Waals surface area (Å²) in [6, 6.07) is 14.8. The van der Waals surface area contributed by atoms with Crippen LogP contribution in [0.3, 0.4) is 0 Å². The molecule has 0 fully saturated rings. The Hall–Kier alpha value is -4.89. The largest absolute Gasteiger partial charge is 0.507 e. The van der Waals surface area contributed by atoms with Gasteiger partial charge in [-0.25, -0.2) is 23.4 Å². The number of aryl methyl sites for hydroxylation is 1. The van der Waals surface area contributed by atoms with Crippen LogP contribution in [0.2, 0.25) is 0 Å². The highest BCUT2D eigenvalue weighted by Crippen LogP contribution is 2.38. The third kappa shape index (κ3) is 4.42. The van der Waals surface area contributed by atoms with Gasteiger partial charge >= 0.3 is 0 Å². The van der Waals surface area contributed by atoms with Gasteiger partial charge in [0.1, 0.15) is 17.6 Å². The lowest BCUT2D eigenvalue weighted by Gasteiger charge is -2.12. The molecule has 4 aromatic rings. The molecule has 0 aliphatic heterocycles. The molecular weight excluding hydrogens is 486 g/mol. The van der Waals surface area contributed by atoms with Gasteiger partial charge in [0.05, 0.1) is 27.2 Å². The molecule has 0 saturated heterocycles. The first-order valence-corrected chi connectivity index (χ1v) is 12.2.